The fourth-order valence-electron chi connectivity index (χ4n) is 4.23. The number of nitrogens with zero attached hydrogens (tertiary/aromatic N) is 5. The zero-order valence-corrected chi connectivity index (χ0v) is 17.3. The number of aryl methyl sites for hydroxylation is 1. The van der Waals surface area contributed by atoms with E-state index in [4.69, 9.17) is 0 Å². The van der Waals surface area contributed by atoms with Gasteiger partial charge in [0.2, 0.25) is 0 Å². The maximum Gasteiger partial charge on any atom is 0.345 e. The number of benzene rings is 1. The van der Waals surface area contributed by atoms with Gasteiger partial charge in [-0.3, -0.25) is 19.6 Å². The second-order valence-corrected chi connectivity index (χ2v) is 8.07. The number of carbonyl (C=O) groups excluding carboxylic acids is 1. The first-order valence-electron chi connectivity index (χ1n) is 10.7. The van der Waals surface area contributed by atoms with E-state index in [9.17, 15) is 19.7 Å². The van der Waals surface area contributed by atoms with Crippen LogP contribution in [0.15, 0.2) is 29.1 Å². The molecule has 1 fully saturated rings. The normalized spacial score (nSPS) is 18.9. The average molecular weight is 429 g/mol. The summed E-state index contributed by atoms with van der Waals surface area (Å²) >= 11 is 0. The molecule has 2 aliphatic rings. The van der Waals surface area contributed by atoms with Gasteiger partial charge in [-0.15, -0.1) is 0 Å². The third-order valence-electron chi connectivity index (χ3n) is 5.84. The van der Waals surface area contributed by atoms with E-state index in [-0.39, 0.29) is 23.5 Å². The van der Waals surface area contributed by atoms with Crippen molar-refractivity contribution in [3.63, 3.8) is 0 Å². The summed E-state index contributed by atoms with van der Waals surface area (Å²) in [6.45, 7) is 3.63. The maximum atomic E-state index is 12.5. The van der Waals surface area contributed by atoms with Crippen LogP contribution in [0.25, 0.3) is 0 Å². The number of urea groups is 1. The Kier molecular flexibility index (Phi) is 6.31. The molecule has 2 aliphatic heterocycles. The van der Waals surface area contributed by atoms with Gasteiger partial charge in [-0.2, -0.15) is 5.10 Å². The number of likely N-dealkylation sites (tertiary alicyclic amines) is 1. The Morgan fingerprint density at radius 1 is 1.16 bits per heavy atom. The Balaban J connectivity index is 1.26. The van der Waals surface area contributed by atoms with Crippen LogP contribution in [0.3, 0.4) is 0 Å². The summed E-state index contributed by atoms with van der Waals surface area (Å²) in [5.41, 5.74) is 0.453. The van der Waals surface area contributed by atoms with Gasteiger partial charge in [-0.25, -0.2) is 14.3 Å². The van der Waals surface area contributed by atoms with Crippen LogP contribution in [-0.4, -0.2) is 55.9 Å². The minimum Gasteiger partial charge on any atom is -0.334 e. The summed E-state index contributed by atoms with van der Waals surface area (Å²) in [4.78, 5) is 37.3. The van der Waals surface area contributed by atoms with Crippen LogP contribution in [0.2, 0.25) is 0 Å². The lowest BCUT2D eigenvalue weighted by atomic mass is 10.1. The van der Waals surface area contributed by atoms with Crippen molar-refractivity contribution < 1.29 is 9.72 Å². The smallest absolute Gasteiger partial charge is 0.334 e. The number of nitro groups is 1. The number of aromatic nitrogens is 3. The molecule has 1 unspecified atom stereocenters. The van der Waals surface area contributed by atoms with Gasteiger partial charge in [0.05, 0.1) is 11.5 Å². The lowest BCUT2D eigenvalue weighted by Gasteiger charge is -2.32. The van der Waals surface area contributed by atoms with Gasteiger partial charge in [0.25, 0.3) is 5.69 Å². The second-order valence-electron chi connectivity index (χ2n) is 8.07. The zero-order valence-electron chi connectivity index (χ0n) is 17.3. The molecule has 3 heterocycles. The van der Waals surface area contributed by atoms with Crippen molar-refractivity contribution in [3.05, 3.63) is 50.7 Å². The van der Waals surface area contributed by atoms with E-state index in [1.807, 2.05) is 0 Å². The van der Waals surface area contributed by atoms with E-state index in [0.29, 0.717) is 25.3 Å². The molecule has 166 valence electrons. The number of hydrogen-bond acceptors (Lipinski definition) is 6. The summed E-state index contributed by atoms with van der Waals surface area (Å²) in [6, 6.07) is 5.39. The largest absolute Gasteiger partial charge is 0.345 e. The minimum absolute atomic E-state index is 0.00118. The first-order valence-corrected chi connectivity index (χ1v) is 10.7. The summed E-state index contributed by atoms with van der Waals surface area (Å²) in [5.74, 6) is 0.886. The first kappa shape index (κ1) is 21.0. The van der Waals surface area contributed by atoms with Crippen molar-refractivity contribution >= 4 is 17.4 Å². The molecule has 2 amide bonds. The molecule has 31 heavy (non-hydrogen) atoms. The van der Waals surface area contributed by atoms with E-state index < -0.39 is 4.92 Å². The predicted octanol–water partition coefficient (Wildman–Crippen LogP) is 1.58. The maximum absolute atomic E-state index is 12.5. The Morgan fingerprint density at radius 2 is 1.97 bits per heavy atom. The van der Waals surface area contributed by atoms with Gasteiger partial charge in [0.1, 0.15) is 5.82 Å². The highest BCUT2D eigenvalue weighted by Crippen LogP contribution is 2.16. The molecule has 1 aromatic heterocycles. The molecular formula is C20H27N7O4. The molecule has 1 aromatic carbocycles. The molecule has 11 nitrogen and oxygen atoms in total. The topological polar surface area (TPSA) is 127 Å². The van der Waals surface area contributed by atoms with Crippen LogP contribution in [-0.2, 0) is 19.5 Å². The molecule has 0 radical (unpaired) electrons. The SMILES string of the molecule is O=C(Nc1ccc([N+](=O)[O-])cc1)NC1CCCN(CCn2nc3n(c2=O)CCCC3)C1. The number of carbonyl (C=O) groups is 1. The number of rotatable bonds is 6. The standard InChI is InChI=1S/C20H27N7O4/c28-19(21-15-6-8-17(9-7-15)27(30)31)22-16-4-3-10-24(14-16)12-13-26-20(29)25-11-2-1-5-18(25)23-26/h6-9,16H,1-5,10-14H2,(H2,21,22,28). The second kappa shape index (κ2) is 9.29. The summed E-state index contributed by atoms with van der Waals surface area (Å²) in [6.07, 6.45) is 4.81. The molecule has 0 bridgehead atoms. The molecule has 0 saturated carbocycles. The number of nitrogens with one attached hydrogen (secondary N) is 2. The molecule has 0 spiro atoms. The molecule has 2 N–H and O–H groups in total. The quantitative estimate of drug-likeness (QED) is 0.530. The summed E-state index contributed by atoms with van der Waals surface area (Å²) in [5, 5.41) is 20.9. The van der Waals surface area contributed by atoms with Gasteiger partial charge in [-0.1, -0.05) is 0 Å². The highest BCUT2D eigenvalue weighted by molar-refractivity contribution is 5.89. The fraction of sp³-hybridized carbons (Fsp3) is 0.550. The number of amides is 2. The van der Waals surface area contributed by atoms with E-state index in [0.717, 1.165) is 51.0 Å². The summed E-state index contributed by atoms with van der Waals surface area (Å²) in [7, 11) is 0. The number of piperidine rings is 1. The van der Waals surface area contributed by atoms with Gasteiger partial charge < -0.3 is 10.6 Å². The van der Waals surface area contributed by atoms with Crippen LogP contribution in [0.1, 0.15) is 31.5 Å². The van der Waals surface area contributed by atoms with Crippen molar-refractivity contribution in [3.8, 4) is 0 Å². The molecule has 0 aliphatic carbocycles. The lowest BCUT2D eigenvalue weighted by Crippen LogP contribution is -2.49. The van der Waals surface area contributed by atoms with Crippen molar-refractivity contribution in [2.45, 2.75) is 51.2 Å². The monoisotopic (exact) mass is 429 g/mol. The van der Waals surface area contributed by atoms with Crippen molar-refractivity contribution in [2.24, 2.45) is 0 Å². The molecule has 2 aromatic rings. The highest BCUT2D eigenvalue weighted by atomic mass is 16.6. The van der Waals surface area contributed by atoms with Gasteiger partial charge >= 0.3 is 11.7 Å². The third kappa shape index (κ3) is 5.10. The van der Waals surface area contributed by atoms with E-state index in [2.05, 4.69) is 20.6 Å². The Hall–Kier alpha value is -3.21. The Labute approximate surface area is 179 Å². The van der Waals surface area contributed by atoms with Crippen molar-refractivity contribution in [1.82, 2.24) is 24.6 Å². The van der Waals surface area contributed by atoms with Gasteiger partial charge in [0, 0.05) is 49.9 Å². The number of nitro benzene ring substituents is 1. The molecule has 11 heteroatoms. The van der Waals surface area contributed by atoms with E-state index in [1.54, 1.807) is 9.25 Å². The first-order chi connectivity index (χ1) is 15.0. The number of non-ortho nitro benzene ring substituents is 1. The Bertz CT molecular complexity index is 998. The van der Waals surface area contributed by atoms with Gasteiger partial charge in [0.15, 0.2) is 0 Å². The number of fused-ring (bicyclic) bond motifs is 1. The predicted molar refractivity (Wildman–Crippen MR) is 114 cm³/mol. The van der Waals surface area contributed by atoms with Crippen molar-refractivity contribution in [1.29, 1.82) is 0 Å². The van der Waals surface area contributed by atoms with Gasteiger partial charge in [-0.05, 0) is 44.4 Å². The highest BCUT2D eigenvalue weighted by Gasteiger charge is 2.22. The molecule has 1 atom stereocenters. The summed E-state index contributed by atoms with van der Waals surface area (Å²) < 4.78 is 3.35. The zero-order chi connectivity index (χ0) is 21.8. The number of hydrogen-bond donors (Lipinski definition) is 2. The van der Waals surface area contributed by atoms with Crippen molar-refractivity contribution in [2.75, 3.05) is 25.0 Å². The van der Waals surface area contributed by atoms with E-state index in [1.165, 1.54) is 24.3 Å². The van der Waals surface area contributed by atoms with Crippen LogP contribution in [0, 0.1) is 10.1 Å². The third-order valence-corrected chi connectivity index (χ3v) is 5.84. The molecular weight excluding hydrogens is 402 g/mol. The fourth-order valence-corrected chi connectivity index (χ4v) is 4.23. The Morgan fingerprint density at radius 3 is 2.71 bits per heavy atom. The molecule has 1 saturated heterocycles. The number of anilines is 1. The van der Waals surface area contributed by atoms with Crippen LogP contribution >= 0.6 is 0 Å². The van der Waals surface area contributed by atoms with Crippen LogP contribution < -0.4 is 16.3 Å². The minimum atomic E-state index is -0.479. The average Bonchev–Trinajstić information content (AvgIpc) is 3.08. The van der Waals surface area contributed by atoms with Crippen LogP contribution in [0.5, 0.6) is 0 Å². The van der Waals surface area contributed by atoms with E-state index >= 15 is 0 Å². The lowest BCUT2D eigenvalue weighted by molar-refractivity contribution is -0.384. The van der Waals surface area contributed by atoms with Crippen LogP contribution in [0.4, 0.5) is 16.2 Å². The molecule has 4 rings (SSSR count).